The summed E-state index contributed by atoms with van der Waals surface area (Å²) in [6, 6.07) is 0.321. The fraction of sp³-hybridized carbons (Fsp3) is 0.909. The van der Waals surface area contributed by atoms with Crippen LogP contribution >= 0.6 is 0 Å². The minimum atomic E-state index is -0.0938. The highest BCUT2D eigenvalue weighted by Crippen LogP contribution is 2.67. The van der Waals surface area contributed by atoms with Crippen molar-refractivity contribution >= 4 is 0 Å². The quantitative estimate of drug-likeness (QED) is 0.694. The molecule has 0 bridgehead atoms. The van der Waals surface area contributed by atoms with Crippen LogP contribution in [-0.4, -0.2) is 17.3 Å². The largest absolute Gasteiger partial charge is 0.393 e. The SMILES string of the molecule is CC(N)C1C(C)CC2C3CC=C4CC(O)CCC4(C)C3CCC21C. The van der Waals surface area contributed by atoms with Crippen molar-refractivity contribution in [2.75, 3.05) is 0 Å². The molecule has 3 saturated carbocycles. The summed E-state index contributed by atoms with van der Waals surface area (Å²) in [5.41, 5.74) is 8.85. The van der Waals surface area contributed by atoms with Crippen LogP contribution in [0, 0.1) is 40.4 Å². The third-order valence-electron chi connectivity index (χ3n) is 9.08. The van der Waals surface area contributed by atoms with E-state index >= 15 is 0 Å². The van der Waals surface area contributed by atoms with Gasteiger partial charge in [-0.25, -0.2) is 0 Å². The van der Waals surface area contributed by atoms with Crippen LogP contribution in [0.15, 0.2) is 11.6 Å². The summed E-state index contributed by atoms with van der Waals surface area (Å²) in [4.78, 5) is 0. The van der Waals surface area contributed by atoms with Crippen LogP contribution in [-0.2, 0) is 0 Å². The summed E-state index contributed by atoms with van der Waals surface area (Å²) in [6.45, 7) is 9.78. The van der Waals surface area contributed by atoms with Gasteiger partial charge in [-0.05, 0) is 92.3 Å². The van der Waals surface area contributed by atoms with Gasteiger partial charge >= 0.3 is 0 Å². The molecule has 136 valence electrons. The molecule has 9 atom stereocenters. The molecular formula is C22H37NO. The van der Waals surface area contributed by atoms with Gasteiger partial charge in [0.05, 0.1) is 6.10 Å². The highest BCUT2D eigenvalue weighted by molar-refractivity contribution is 5.25. The molecule has 0 aromatic rings. The van der Waals surface area contributed by atoms with E-state index in [9.17, 15) is 5.11 Å². The third kappa shape index (κ3) is 2.21. The van der Waals surface area contributed by atoms with E-state index in [1.54, 1.807) is 5.57 Å². The molecule has 0 aliphatic heterocycles. The zero-order valence-corrected chi connectivity index (χ0v) is 16.1. The van der Waals surface area contributed by atoms with E-state index in [4.69, 9.17) is 5.73 Å². The van der Waals surface area contributed by atoms with Gasteiger partial charge in [0.2, 0.25) is 0 Å². The van der Waals surface area contributed by atoms with Crippen LogP contribution in [0.1, 0.15) is 72.6 Å². The van der Waals surface area contributed by atoms with Crippen LogP contribution in [0.25, 0.3) is 0 Å². The average molecular weight is 332 g/mol. The summed E-state index contributed by atoms with van der Waals surface area (Å²) >= 11 is 0. The monoisotopic (exact) mass is 331 g/mol. The number of fused-ring (bicyclic) bond motifs is 5. The molecule has 4 aliphatic carbocycles. The molecule has 0 saturated heterocycles. The van der Waals surface area contributed by atoms with Crippen LogP contribution in [0.2, 0.25) is 0 Å². The summed E-state index contributed by atoms with van der Waals surface area (Å²) in [5, 5.41) is 10.1. The fourth-order valence-electron chi connectivity index (χ4n) is 8.16. The maximum atomic E-state index is 10.1. The van der Waals surface area contributed by atoms with Crippen LogP contribution in [0.5, 0.6) is 0 Å². The van der Waals surface area contributed by atoms with Gasteiger partial charge in [-0.3, -0.25) is 0 Å². The third-order valence-corrected chi connectivity index (χ3v) is 9.08. The molecule has 0 radical (unpaired) electrons. The number of aliphatic hydroxyl groups is 1. The van der Waals surface area contributed by atoms with Gasteiger partial charge in [0.25, 0.3) is 0 Å². The molecule has 9 unspecified atom stereocenters. The molecule has 0 amide bonds. The summed E-state index contributed by atoms with van der Waals surface area (Å²) in [6.07, 6.45) is 10.9. The number of hydrogen-bond donors (Lipinski definition) is 2. The molecule has 0 spiro atoms. The lowest BCUT2D eigenvalue weighted by atomic mass is 9.47. The Balaban J connectivity index is 1.67. The molecule has 0 heterocycles. The van der Waals surface area contributed by atoms with Gasteiger partial charge in [-0.15, -0.1) is 0 Å². The first-order valence-electron chi connectivity index (χ1n) is 10.4. The predicted octanol–water partition coefficient (Wildman–Crippen LogP) is 4.52. The van der Waals surface area contributed by atoms with Gasteiger partial charge in [0.1, 0.15) is 0 Å². The summed E-state index contributed by atoms with van der Waals surface area (Å²) < 4.78 is 0. The van der Waals surface area contributed by atoms with E-state index in [-0.39, 0.29) is 6.10 Å². The Kier molecular flexibility index (Phi) is 3.97. The lowest BCUT2D eigenvalue weighted by Crippen LogP contribution is -2.52. The lowest BCUT2D eigenvalue weighted by molar-refractivity contribution is -0.0528. The first kappa shape index (κ1) is 17.1. The van der Waals surface area contributed by atoms with Gasteiger partial charge < -0.3 is 10.8 Å². The Morgan fingerprint density at radius 3 is 2.67 bits per heavy atom. The maximum absolute atomic E-state index is 10.1. The number of rotatable bonds is 1. The minimum Gasteiger partial charge on any atom is -0.393 e. The Hall–Kier alpha value is -0.340. The van der Waals surface area contributed by atoms with Crippen molar-refractivity contribution in [1.29, 1.82) is 0 Å². The van der Waals surface area contributed by atoms with Gasteiger partial charge in [0.15, 0.2) is 0 Å². The van der Waals surface area contributed by atoms with Crippen molar-refractivity contribution in [3.05, 3.63) is 11.6 Å². The molecular weight excluding hydrogens is 294 g/mol. The van der Waals surface area contributed by atoms with E-state index < -0.39 is 0 Å². The predicted molar refractivity (Wildman–Crippen MR) is 99.4 cm³/mol. The normalized spacial score (nSPS) is 55.2. The van der Waals surface area contributed by atoms with Crippen molar-refractivity contribution in [1.82, 2.24) is 0 Å². The molecule has 3 fully saturated rings. The first-order chi connectivity index (χ1) is 11.3. The Morgan fingerprint density at radius 2 is 1.96 bits per heavy atom. The van der Waals surface area contributed by atoms with Crippen molar-refractivity contribution in [2.24, 2.45) is 46.2 Å². The molecule has 4 rings (SSSR count). The number of allylic oxidation sites excluding steroid dienone is 1. The first-order valence-corrected chi connectivity index (χ1v) is 10.4. The van der Waals surface area contributed by atoms with Crippen LogP contribution in [0.3, 0.4) is 0 Å². The minimum absolute atomic E-state index is 0.0938. The van der Waals surface area contributed by atoms with Crippen molar-refractivity contribution in [3.63, 3.8) is 0 Å². The number of hydrogen-bond acceptors (Lipinski definition) is 2. The zero-order chi connectivity index (χ0) is 17.3. The standard InChI is InChI=1S/C22H37NO/c1-13-11-19-17-6-5-15-12-16(24)7-9-21(15,3)18(17)8-10-22(19,4)20(13)14(2)23/h5,13-14,16-20,24H,6-12,23H2,1-4H3. The Bertz CT molecular complexity index is 540. The van der Waals surface area contributed by atoms with Crippen molar-refractivity contribution < 1.29 is 5.11 Å². The van der Waals surface area contributed by atoms with Crippen molar-refractivity contribution in [3.8, 4) is 0 Å². The molecule has 2 nitrogen and oxygen atoms in total. The Labute approximate surface area is 148 Å². The second kappa shape index (κ2) is 5.58. The molecule has 4 aliphatic rings. The van der Waals surface area contributed by atoms with Gasteiger partial charge in [-0.1, -0.05) is 32.4 Å². The average Bonchev–Trinajstić information content (AvgIpc) is 2.78. The number of nitrogens with two attached hydrogens (primary N) is 1. The smallest absolute Gasteiger partial charge is 0.0577 e. The Morgan fingerprint density at radius 1 is 1.21 bits per heavy atom. The van der Waals surface area contributed by atoms with E-state index in [1.807, 2.05) is 0 Å². The highest BCUT2D eigenvalue weighted by Gasteiger charge is 2.60. The van der Waals surface area contributed by atoms with Crippen LogP contribution in [0.4, 0.5) is 0 Å². The topological polar surface area (TPSA) is 46.2 Å². The molecule has 24 heavy (non-hydrogen) atoms. The van der Waals surface area contributed by atoms with E-state index in [1.165, 1.54) is 32.1 Å². The molecule has 0 aromatic carbocycles. The van der Waals surface area contributed by atoms with Gasteiger partial charge in [-0.2, -0.15) is 0 Å². The van der Waals surface area contributed by atoms with Crippen molar-refractivity contribution in [2.45, 2.75) is 84.8 Å². The van der Waals surface area contributed by atoms with E-state index in [0.29, 0.717) is 22.8 Å². The lowest BCUT2D eigenvalue weighted by Gasteiger charge is -2.58. The molecule has 2 heteroatoms. The maximum Gasteiger partial charge on any atom is 0.0577 e. The second-order valence-electron chi connectivity index (χ2n) is 10.3. The fourth-order valence-corrected chi connectivity index (χ4v) is 8.16. The van der Waals surface area contributed by atoms with Crippen LogP contribution < -0.4 is 5.73 Å². The molecule has 0 aromatic heterocycles. The van der Waals surface area contributed by atoms with E-state index in [0.717, 1.165) is 36.5 Å². The second-order valence-corrected chi connectivity index (χ2v) is 10.3. The van der Waals surface area contributed by atoms with E-state index in [2.05, 4.69) is 33.8 Å². The molecule has 3 N–H and O–H groups in total. The summed E-state index contributed by atoms with van der Waals surface area (Å²) in [5.74, 6) is 3.99. The van der Waals surface area contributed by atoms with Gasteiger partial charge in [0, 0.05) is 6.04 Å². The highest BCUT2D eigenvalue weighted by atomic mass is 16.3. The number of aliphatic hydroxyl groups excluding tert-OH is 1. The zero-order valence-electron chi connectivity index (χ0n) is 16.1. The summed E-state index contributed by atoms with van der Waals surface area (Å²) in [7, 11) is 0.